The van der Waals surface area contributed by atoms with Crippen LogP contribution in [-0.2, 0) is 13.0 Å². The van der Waals surface area contributed by atoms with E-state index in [0.29, 0.717) is 18.5 Å². The van der Waals surface area contributed by atoms with Crippen molar-refractivity contribution in [2.24, 2.45) is 0 Å². The molecule has 0 saturated carbocycles. The minimum Gasteiger partial charge on any atom is -0.507 e. The van der Waals surface area contributed by atoms with Crippen LogP contribution in [0, 0.1) is 0 Å². The number of nitrogens with zero attached hydrogens (tertiary/aromatic N) is 2. The maximum atomic E-state index is 10.5. The molecule has 1 heterocycles. The molecule has 1 N–H and O–H groups in total. The zero-order valence-electron chi connectivity index (χ0n) is 16.7. The van der Waals surface area contributed by atoms with Crippen LogP contribution in [0.15, 0.2) is 40.9 Å². The van der Waals surface area contributed by atoms with Gasteiger partial charge in [0.05, 0.1) is 11.3 Å². The molecule has 0 atom stereocenters. The van der Waals surface area contributed by atoms with Crippen LogP contribution in [0.3, 0.4) is 0 Å². The van der Waals surface area contributed by atoms with Crippen LogP contribution in [0.25, 0.3) is 11.0 Å². The first-order valence-corrected chi connectivity index (χ1v) is 10.6. The predicted octanol–water partition coefficient (Wildman–Crippen LogP) is 6.18. The molecular formula is C23H29ClN2O2. The van der Waals surface area contributed by atoms with E-state index in [0.717, 1.165) is 66.0 Å². The fourth-order valence-electron chi connectivity index (χ4n) is 3.43. The lowest BCUT2D eigenvalue weighted by atomic mass is 10.0. The molecule has 0 unspecified atom stereocenters. The monoisotopic (exact) mass is 400 g/mol. The Kier molecular flexibility index (Phi) is 7.35. The van der Waals surface area contributed by atoms with E-state index in [9.17, 15) is 5.11 Å². The summed E-state index contributed by atoms with van der Waals surface area (Å²) in [6, 6.07) is 11.4. The van der Waals surface area contributed by atoms with Gasteiger partial charge in [0.15, 0.2) is 5.58 Å². The number of benzene rings is 2. The Labute approximate surface area is 172 Å². The maximum Gasteiger partial charge on any atom is 0.175 e. The highest BCUT2D eigenvalue weighted by atomic mass is 35.5. The Morgan fingerprint density at radius 1 is 1.00 bits per heavy atom. The SMILES string of the molecule is CCCCN(CCCC)Cc1c(O)ccc2c(Cc3ccc(Cl)cc3)noc12. The van der Waals surface area contributed by atoms with Crippen molar-refractivity contribution >= 4 is 22.6 Å². The molecule has 0 aliphatic heterocycles. The van der Waals surface area contributed by atoms with Gasteiger partial charge in [-0.15, -0.1) is 0 Å². The molecule has 150 valence electrons. The number of phenols is 1. The van der Waals surface area contributed by atoms with Gasteiger partial charge in [0.25, 0.3) is 0 Å². The molecule has 0 aliphatic rings. The van der Waals surface area contributed by atoms with Gasteiger partial charge < -0.3 is 9.63 Å². The number of fused-ring (bicyclic) bond motifs is 1. The lowest BCUT2D eigenvalue weighted by Crippen LogP contribution is -2.25. The summed E-state index contributed by atoms with van der Waals surface area (Å²) in [6.45, 7) is 7.14. The van der Waals surface area contributed by atoms with Crippen molar-refractivity contribution in [3.8, 4) is 5.75 Å². The van der Waals surface area contributed by atoms with Crippen molar-refractivity contribution < 1.29 is 9.63 Å². The molecule has 0 radical (unpaired) electrons. The number of rotatable bonds is 10. The molecule has 0 spiro atoms. The van der Waals surface area contributed by atoms with Gasteiger partial charge in [0.2, 0.25) is 0 Å². The largest absolute Gasteiger partial charge is 0.507 e. The molecule has 3 rings (SSSR count). The number of unbranched alkanes of at least 4 members (excludes halogenated alkanes) is 2. The van der Waals surface area contributed by atoms with Gasteiger partial charge in [0, 0.05) is 23.4 Å². The van der Waals surface area contributed by atoms with E-state index >= 15 is 0 Å². The zero-order valence-corrected chi connectivity index (χ0v) is 17.5. The van der Waals surface area contributed by atoms with Gasteiger partial charge in [-0.05, 0) is 55.8 Å². The number of hydrogen-bond acceptors (Lipinski definition) is 4. The van der Waals surface area contributed by atoms with E-state index in [-0.39, 0.29) is 5.75 Å². The third-order valence-corrected chi connectivity index (χ3v) is 5.37. The van der Waals surface area contributed by atoms with Gasteiger partial charge >= 0.3 is 0 Å². The van der Waals surface area contributed by atoms with Gasteiger partial charge in [-0.2, -0.15) is 0 Å². The third kappa shape index (κ3) is 5.06. The van der Waals surface area contributed by atoms with Crippen LogP contribution in [0.2, 0.25) is 5.02 Å². The van der Waals surface area contributed by atoms with E-state index in [1.165, 1.54) is 0 Å². The Morgan fingerprint density at radius 3 is 2.32 bits per heavy atom. The molecule has 2 aromatic carbocycles. The van der Waals surface area contributed by atoms with Crippen LogP contribution < -0.4 is 0 Å². The van der Waals surface area contributed by atoms with Crippen molar-refractivity contribution in [1.29, 1.82) is 0 Å². The second-order valence-corrected chi connectivity index (χ2v) is 7.79. The highest BCUT2D eigenvalue weighted by Gasteiger charge is 2.18. The van der Waals surface area contributed by atoms with E-state index in [1.807, 2.05) is 30.3 Å². The predicted molar refractivity (Wildman–Crippen MR) is 115 cm³/mol. The second-order valence-electron chi connectivity index (χ2n) is 7.36. The summed E-state index contributed by atoms with van der Waals surface area (Å²) in [5.41, 5.74) is 3.54. The third-order valence-electron chi connectivity index (χ3n) is 5.12. The summed E-state index contributed by atoms with van der Waals surface area (Å²) in [4.78, 5) is 2.41. The molecular weight excluding hydrogens is 372 g/mol. The Hall–Kier alpha value is -2.04. The van der Waals surface area contributed by atoms with E-state index in [2.05, 4.69) is 23.9 Å². The van der Waals surface area contributed by atoms with Crippen molar-refractivity contribution in [3.63, 3.8) is 0 Å². The van der Waals surface area contributed by atoms with E-state index in [4.69, 9.17) is 16.1 Å². The summed E-state index contributed by atoms with van der Waals surface area (Å²) < 4.78 is 5.70. The minimum atomic E-state index is 0.277. The number of phenolic OH excluding ortho intramolecular Hbond substituents is 1. The van der Waals surface area contributed by atoms with Crippen LogP contribution >= 0.6 is 11.6 Å². The molecule has 1 aromatic heterocycles. The number of halogens is 1. The van der Waals surface area contributed by atoms with Crippen LogP contribution in [0.5, 0.6) is 5.75 Å². The summed E-state index contributed by atoms with van der Waals surface area (Å²) in [7, 11) is 0. The molecule has 0 aliphatic carbocycles. The zero-order chi connectivity index (χ0) is 19.9. The average molecular weight is 401 g/mol. The molecule has 4 nitrogen and oxygen atoms in total. The highest BCUT2D eigenvalue weighted by molar-refractivity contribution is 6.30. The summed E-state index contributed by atoms with van der Waals surface area (Å²) in [5.74, 6) is 0.277. The van der Waals surface area contributed by atoms with Crippen LogP contribution in [-0.4, -0.2) is 28.3 Å². The van der Waals surface area contributed by atoms with E-state index in [1.54, 1.807) is 6.07 Å². The van der Waals surface area contributed by atoms with E-state index < -0.39 is 0 Å². The highest BCUT2D eigenvalue weighted by Crippen LogP contribution is 2.31. The van der Waals surface area contributed by atoms with Gasteiger partial charge in [-0.3, -0.25) is 4.90 Å². The number of aromatic nitrogens is 1. The van der Waals surface area contributed by atoms with Gasteiger partial charge in [-0.1, -0.05) is 55.6 Å². The van der Waals surface area contributed by atoms with Gasteiger partial charge in [0.1, 0.15) is 5.75 Å². The fourth-order valence-corrected chi connectivity index (χ4v) is 3.56. The lowest BCUT2D eigenvalue weighted by molar-refractivity contribution is 0.253. The Morgan fingerprint density at radius 2 is 1.68 bits per heavy atom. The molecule has 28 heavy (non-hydrogen) atoms. The first-order valence-electron chi connectivity index (χ1n) is 10.2. The van der Waals surface area contributed by atoms with Crippen molar-refractivity contribution in [3.05, 3.63) is 58.2 Å². The molecule has 3 aromatic rings. The lowest BCUT2D eigenvalue weighted by Gasteiger charge is -2.22. The molecule has 0 bridgehead atoms. The number of hydrogen-bond donors (Lipinski definition) is 1. The summed E-state index contributed by atoms with van der Waals surface area (Å²) in [5, 5.41) is 16.5. The molecule has 0 saturated heterocycles. The second kappa shape index (κ2) is 9.94. The van der Waals surface area contributed by atoms with Crippen LogP contribution in [0.1, 0.15) is 56.4 Å². The van der Waals surface area contributed by atoms with Crippen LogP contribution in [0.4, 0.5) is 0 Å². The maximum absolute atomic E-state index is 10.5. The Balaban J connectivity index is 1.86. The first-order chi connectivity index (χ1) is 13.6. The number of aromatic hydroxyl groups is 1. The first kappa shape index (κ1) is 20.7. The molecule has 0 fully saturated rings. The quantitative estimate of drug-likeness (QED) is 0.441. The summed E-state index contributed by atoms with van der Waals surface area (Å²) >= 11 is 5.98. The molecule has 0 amide bonds. The topological polar surface area (TPSA) is 49.5 Å². The van der Waals surface area contributed by atoms with Crippen molar-refractivity contribution in [2.45, 2.75) is 52.5 Å². The molecule has 5 heteroatoms. The fraction of sp³-hybridized carbons (Fsp3) is 0.435. The standard InChI is InChI=1S/C23H29ClN2O2/c1-3-5-13-26(14-6-4-2)16-20-22(27)12-11-19-21(25-28-23(19)20)15-17-7-9-18(24)10-8-17/h7-12,27H,3-6,13-16H2,1-2H3. The van der Waals surface area contributed by atoms with Crippen molar-refractivity contribution in [1.82, 2.24) is 10.1 Å². The minimum absolute atomic E-state index is 0.277. The summed E-state index contributed by atoms with van der Waals surface area (Å²) in [6.07, 6.45) is 5.29. The normalized spacial score (nSPS) is 11.6. The Bertz CT molecular complexity index is 882. The van der Waals surface area contributed by atoms with Gasteiger partial charge in [-0.25, -0.2) is 0 Å². The average Bonchev–Trinajstić information content (AvgIpc) is 3.10. The smallest absolute Gasteiger partial charge is 0.175 e. The van der Waals surface area contributed by atoms with Crippen molar-refractivity contribution in [2.75, 3.05) is 13.1 Å².